The lowest BCUT2D eigenvalue weighted by Gasteiger charge is -2.31. The average molecular weight is 432 g/mol. The van der Waals surface area contributed by atoms with Crippen LogP contribution < -0.4 is 5.32 Å². The molecule has 1 heterocycles. The highest BCUT2D eigenvalue weighted by molar-refractivity contribution is 7.88. The van der Waals surface area contributed by atoms with Gasteiger partial charge in [-0.15, -0.1) is 0 Å². The Morgan fingerprint density at radius 1 is 1.21 bits per heavy atom. The molecule has 1 saturated heterocycles. The number of hydrogen-bond acceptors (Lipinski definition) is 4. The van der Waals surface area contributed by atoms with Crippen molar-refractivity contribution in [1.29, 1.82) is 5.26 Å². The van der Waals surface area contributed by atoms with Gasteiger partial charge in [-0.3, -0.25) is 4.79 Å². The van der Waals surface area contributed by atoms with E-state index >= 15 is 0 Å². The summed E-state index contributed by atoms with van der Waals surface area (Å²) in [6, 6.07) is 16.0. The molecule has 0 radical (unpaired) electrons. The fourth-order valence-electron chi connectivity index (χ4n) is 3.38. The van der Waals surface area contributed by atoms with Crippen LogP contribution in [-0.2, 0) is 27.0 Å². The van der Waals surface area contributed by atoms with Gasteiger partial charge in [-0.05, 0) is 48.2 Å². The van der Waals surface area contributed by atoms with Crippen LogP contribution in [0, 0.1) is 17.2 Å². The summed E-state index contributed by atoms with van der Waals surface area (Å²) in [5.41, 5.74) is 2.14. The van der Waals surface area contributed by atoms with Crippen molar-refractivity contribution in [2.24, 2.45) is 5.92 Å². The van der Waals surface area contributed by atoms with Crippen molar-refractivity contribution in [3.63, 3.8) is 0 Å². The third-order valence-corrected chi connectivity index (χ3v) is 6.94. The van der Waals surface area contributed by atoms with Gasteiger partial charge in [0.1, 0.15) is 0 Å². The standard InChI is InChI=1S/C21H22ClN3O3S/c22-19-5-1-3-17(13-19)15-29(27,28)25-12-2-4-18(14-25)21(26)24-20-8-6-16(7-9-20)10-11-23/h1,3,5-9,13,18H,2,4,10,12,14-15H2,(H,24,26)/t18-/m1/s1. The van der Waals surface area contributed by atoms with E-state index in [1.54, 1.807) is 48.5 Å². The first kappa shape index (κ1) is 21.3. The molecule has 1 amide bonds. The zero-order valence-electron chi connectivity index (χ0n) is 15.8. The van der Waals surface area contributed by atoms with Gasteiger partial charge in [0.2, 0.25) is 15.9 Å². The maximum absolute atomic E-state index is 12.8. The van der Waals surface area contributed by atoms with Crippen LogP contribution in [0.1, 0.15) is 24.0 Å². The smallest absolute Gasteiger partial charge is 0.228 e. The van der Waals surface area contributed by atoms with E-state index in [1.165, 1.54) is 4.31 Å². The minimum Gasteiger partial charge on any atom is -0.326 e. The van der Waals surface area contributed by atoms with Gasteiger partial charge in [-0.25, -0.2) is 12.7 Å². The molecule has 0 bridgehead atoms. The summed E-state index contributed by atoms with van der Waals surface area (Å²) in [6.45, 7) is 0.580. The SMILES string of the molecule is N#CCc1ccc(NC(=O)[C@@H]2CCCN(S(=O)(=O)Cc3cccc(Cl)c3)C2)cc1. The number of benzene rings is 2. The summed E-state index contributed by atoms with van der Waals surface area (Å²) in [6.07, 6.45) is 1.59. The molecule has 6 nitrogen and oxygen atoms in total. The summed E-state index contributed by atoms with van der Waals surface area (Å²) in [7, 11) is -3.54. The quantitative estimate of drug-likeness (QED) is 0.756. The fraction of sp³-hybridized carbons (Fsp3) is 0.333. The molecule has 1 atom stereocenters. The highest BCUT2D eigenvalue weighted by atomic mass is 35.5. The third kappa shape index (κ3) is 5.80. The van der Waals surface area contributed by atoms with Gasteiger partial charge in [-0.1, -0.05) is 35.9 Å². The van der Waals surface area contributed by atoms with Gasteiger partial charge in [0.05, 0.1) is 24.2 Å². The largest absolute Gasteiger partial charge is 0.326 e. The average Bonchev–Trinajstić information content (AvgIpc) is 2.69. The van der Waals surface area contributed by atoms with E-state index in [0.717, 1.165) is 5.56 Å². The van der Waals surface area contributed by atoms with Gasteiger partial charge in [0.25, 0.3) is 0 Å². The van der Waals surface area contributed by atoms with Crippen molar-refractivity contribution in [3.8, 4) is 6.07 Å². The summed E-state index contributed by atoms with van der Waals surface area (Å²) in [4.78, 5) is 12.7. The topological polar surface area (TPSA) is 90.3 Å². The second kappa shape index (κ2) is 9.40. The second-order valence-electron chi connectivity index (χ2n) is 7.10. The van der Waals surface area contributed by atoms with Crippen molar-refractivity contribution in [2.75, 3.05) is 18.4 Å². The van der Waals surface area contributed by atoms with Crippen LogP contribution in [0.4, 0.5) is 5.69 Å². The van der Waals surface area contributed by atoms with Crippen LogP contribution in [-0.4, -0.2) is 31.7 Å². The number of hydrogen-bond donors (Lipinski definition) is 1. The number of rotatable bonds is 6. The number of halogens is 1. The van der Waals surface area contributed by atoms with E-state index in [4.69, 9.17) is 16.9 Å². The summed E-state index contributed by atoms with van der Waals surface area (Å²) >= 11 is 5.95. The Bertz CT molecular complexity index is 1020. The Morgan fingerprint density at radius 3 is 2.66 bits per heavy atom. The molecule has 1 fully saturated rings. The minimum atomic E-state index is -3.54. The van der Waals surface area contributed by atoms with Gasteiger partial charge >= 0.3 is 0 Å². The lowest BCUT2D eigenvalue weighted by atomic mass is 9.98. The molecule has 1 aliphatic rings. The van der Waals surface area contributed by atoms with Gasteiger partial charge in [0, 0.05) is 23.8 Å². The van der Waals surface area contributed by atoms with Crippen LogP contribution in [0.2, 0.25) is 5.02 Å². The molecule has 2 aromatic carbocycles. The van der Waals surface area contributed by atoms with Crippen molar-refractivity contribution >= 4 is 33.2 Å². The summed E-state index contributed by atoms with van der Waals surface area (Å²) in [5.74, 6) is -0.736. The molecule has 8 heteroatoms. The summed E-state index contributed by atoms with van der Waals surface area (Å²) in [5, 5.41) is 12.1. The monoisotopic (exact) mass is 431 g/mol. The number of nitriles is 1. The second-order valence-corrected chi connectivity index (χ2v) is 9.51. The molecule has 29 heavy (non-hydrogen) atoms. The van der Waals surface area contributed by atoms with Gasteiger partial charge in [0.15, 0.2) is 0 Å². The van der Waals surface area contributed by atoms with Crippen LogP contribution in [0.25, 0.3) is 0 Å². The van der Waals surface area contributed by atoms with Crippen molar-refractivity contribution < 1.29 is 13.2 Å². The number of sulfonamides is 1. The maximum Gasteiger partial charge on any atom is 0.228 e. The highest BCUT2D eigenvalue weighted by Gasteiger charge is 2.32. The molecule has 2 aromatic rings. The predicted molar refractivity (Wildman–Crippen MR) is 113 cm³/mol. The first-order valence-corrected chi connectivity index (χ1v) is 11.3. The third-order valence-electron chi connectivity index (χ3n) is 4.89. The first-order chi connectivity index (χ1) is 13.9. The molecular weight excluding hydrogens is 410 g/mol. The van der Waals surface area contributed by atoms with Crippen LogP contribution >= 0.6 is 11.6 Å². The normalized spacial score (nSPS) is 17.4. The Labute approximate surface area is 176 Å². The highest BCUT2D eigenvalue weighted by Crippen LogP contribution is 2.24. The minimum absolute atomic E-state index is 0.137. The number of carbonyl (C=O) groups excluding carboxylic acids is 1. The molecule has 152 valence electrons. The Morgan fingerprint density at radius 2 is 1.97 bits per heavy atom. The molecule has 3 rings (SSSR count). The van der Waals surface area contributed by atoms with Crippen LogP contribution in [0.15, 0.2) is 48.5 Å². The molecule has 0 aliphatic carbocycles. The van der Waals surface area contributed by atoms with Gasteiger partial charge in [-0.2, -0.15) is 5.26 Å². The number of anilines is 1. The van der Waals surface area contributed by atoms with Crippen LogP contribution in [0.5, 0.6) is 0 Å². The predicted octanol–water partition coefficient (Wildman–Crippen LogP) is 3.59. The van der Waals surface area contributed by atoms with E-state index in [0.29, 0.717) is 42.1 Å². The molecule has 1 aliphatic heterocycles. The zero-order valence-corrected chi connectivity index (χ0v) is 17.4. The Balaban J connectivity index is 1.63. The Kier molecular flexibility index (Phi) is 6.91. The van der Waals surface area contributed by atoms with Crippen molar-refractivity contribution in [2.45, 2.75) is 25.0 Å². The number of carbonyl (C=O) groups is 1. The lowest BCUT2D eigenvalue weighted by molar-refractivity contribution is -0.120. The van der Waals surface area contributed by atoms with Crippen LogP contribution in [0.3, 0.4) is 0 Å². The molecular formula is C21H22ClN3O3S. The Hall–Kier alpha value is -2.40. The molecule has 0 unspecified atom stereocenters. The number of piperidine rings is 1. The summed E-state index contributed by atoms with van der Waals surface area (Å²) < 4.78 is 27.0. The lowest BCUT2D eigenvalue weighted by Crippen LogP contribution is -2.44. The molecule has 0 aromatic heterocycles. The number of nitrogens with zero attached hydrogens (tertiary/aromatic N) is 2. The van der Waals surface area contributed by atoms with E-state index in [-0.39, 0.29) is 18.2 Å². The zero-order chi connectivity index (χ0) is 20.9. The van der Waals surface area contributed by atoms with Crippen molar-refractivity contribution in [1.82, 2.24) is 4.31 Å². The van der Waals surface area contributed by atoms with E-state index in [1.807, 2.05) is 0 Å². The number of nitrogens with one attached hydrogen (secondary N) is 1. The van der Waals surface area contributed by atoms with E-state index in [2.05, 4.69) is 11.4 Å². The molecule has 0 saturated carbocycles. The van der Waals surface area contributed by atoms with E-state index in [9.17, 15) is 13.2 Å². The molecule has 1 N–H and O–H groups in total. The van der Waals surface area contributed by atoms with Gasteiger partial charge < -0.3 is 5.32 Å². The maximum atomic E-state index is 12.8. The van der Waals surface area contributed by atoms with E-state index < -0.39 is 15.9 Å². The fourth-order valence-corrected chi connectivity index (χ4v) is 5.19. The van der Waals surface area contributed by atoms with Crippen molar-refractivity contribution in [3.05, 3.63) is 64.7 Å². The first-order valence-electron chi connectivity index (χ1n) is 9.36. The molecule has 0 spiro atoms. The number of amides is 1.